The lowest BCUT2D eigenvalue weighted by Crippen LogP contribution is -2.38. The minimum absolute atomic E-state index is 0.0138. The van der Waals surface area contributed by atoms with Crippen molar-refractivity contribution in [2.45, 2.75) is 12.5 Å². The highest BCUT2D eigenvalue weighted by Gasteiger charge is 2.19. The van der Waals surface area contributed by atoms with Crippen molar-refractivity contribution in [3.05, 3.63) is 57.8 Å². The molecule has 1 aliphatic heterocycles. The second-order valence-corrected chi connectivity index (χ2v) is 5.59. The molecule has 0 saturated carbocycles. The summed E-state index contributed by atoms with van der Waals surface area (Å²) >= 11 is 1.47. The number of nitrogens with one attached hydrogen (secondary N) is 2. The van der Waals surface area contributed by atoms with E-state index in [2.05, 4.69) is 34.9 Å². The summed E-state index contributed by atoms with van der Waals surface area (Å²) in [6.45, 7) is 1.60. The van der Waals surface area contributed by atoms with E-state index in [9.17, 15) is 4.79 Å². The molecule has 0 spiro atoms. The second-order valence-electron chi connectivity index (χ2n) is 4.64. The van der Waals surface area contributed by atoms with E-state index in [1.54, 1.807) is 0 Å². The number of rotatable bonds is 3. The summed E-state index contributed by atoms with van der Waals surface area (Å²) in [6, 6.07) is 12.4. The summed E-state index contributed by atoms with van der Waals surface area (Å²) in [7, 11) is 0. The van der Waals surface area contributed by atoms with Gasteiger partial charge in [-0.15, -0.1) is 11.3 Å². The predicted molar refractivity (Wildman–Crippen MR) is 77.5 cm³/mol. The number of amides is 1. The van der Waals surface area contributed by atoms with Gasteiger partial charge >= 0.3 is 0 Å². The third-order valence-corrected chi connectivity index (χ3v) is 4.30. The zero-order valence-corrected chi connectivity index (χ0v) is 11.4. The fourth-order valence-corrected chi connectivity index (χ4v) is 3.10. The molecule has 0 saturated heterocycles. The number of carbonyl (C=O) groups is 1. The van der Waals surface area contributed by atoms with Crippen LogP contribution in [0.1, 0.15) is 26.8 Å². The number of hydrogen-bond donors (Lipinski definition) is 2. The van der Waals surface area contributed by atoms with Crippen molar-refractivity contribution in [2.75, 3.05) is 13.1 Å². The smallest absolute Gasteiger partial charge is 0.261 e. The lowest BCUT2D eigenvalue weighted by atomic mass is 9.94. The van der Waals surface area contributed by atoms with Crippen LogP contribution in [0.2, 0.25) is 0 Å². The molecule has 1 unspecified atom stereocenters. The van der Waals surface area contributed by atoms with Crippen LogP contribution < -0.4 is 10.6 Å². The van der Waals surface area contributed by atoms with Crippen LogP contribution >= 0.6 is 11.3 Å². The van der Waals surface area contributed by atoms with Crippen molar-refractivity contribution in [2.24, 2.45) is 0 Å². The predicted octanol–water partition coefficient (Wildman–Crippen LogP) is 2.36. The van der Waals surface area contributed by atoms with Gasteiger partial charge in [0.05, 0.1) is 4.88 Å². The summed E-state index contributed by atoms with van der Waals surface area (Å²) in [6.07, 6.45) is 1.06. The Morgan fingerprint density at radius 3 is 3.05 bits per heavy atom. The monoisotopic (exact) mass is 272 g/mol. The molecule has 3 nitrogen and oxygen atoms in total. The van der Waals surface area contributed by atoms with E-state index in [0.29, 0.717) is 6.54 Å². The summed E-state index contributed by atoms with van der Waals surface area (Å²) in [5.41, 5.74) is 2.69. The van der Waals surface area contributed by atoms with E-state index in [0.717, 1.165) is 17.8 Å². The fourth-order valence-electron chi connectivity index (χ4n) is 2.46. The van der Waals surface area contributed by atoms with Crippen LogP contribution in [-0.4, -0.2) is 19.0 Å². The first-order valence-electron chi connectivity index (χ1n) is 6.47. The molecule has 0 radical (unpaired) electrons. The molecule has 2 heterocycles. The Hall–Kier alpha value is -1.65. The van der Waals surface area contributed by atoms with Gasteiger partial charge in [0, 0.05) is 12.6 Å². The Morgan fingerprint density at radius 1 is 1.32 bits per heavy atom. The lowest BCUT2D eigenvalue weighted by molar-refractivity contribution is 0.0953. The van der Waals surface area contributed by atoms with Crippen LogP contribution in [-0.2, 0) is 6.42 Å². The van der Waals surface area contributed by atoms with Crippen molar-refractivity contribution < 1.29 is 4.79 Å². The van der Waals surface area contributed by atoms with Crippen molar-refractivity contribution >= 4 is 17.2 Å². The van der Waals surface area contributed by atoms with E-state index in [4.69, 9.17) is 0 Å². The first kappa shape index (κ1) is 12.4. The lowest BCUT2D eigenvalue weighted by Gasteiger charge is -2.27. The van der Waals surface area contributed by atoms with Crippen molar-refractivity contribution in [1.82, 2.24) is 10.6 Å². The average Bonchev–Trinajstić information content (AvgIpc) is 2.99. The number of carbonyl (C=O) groups excluding carboxylic acids is 1. The van der Waals surface area contributed by atoms with Gasteiger partial charge in [0.1, 0.15) is 0 Å². The minimum Gasteiger partial charge on any atom is -0.349 e. The normalized spacial score (nSPS) is 17.8. The van der Waals surface area contributed by atoms with E-state index in [1.807, 2.05) is 17.5 Å². The number of thiophene rings is 1. The highest BCUT2D eigenvalue weighted by molar-refractivity contribution is 7.12. The third-order valence-electron chi connectivity index (χ3n) is 3.43. The summed E-state index contributed by atoms with van der Waals surface area (Å²) in [5.74, 6) is 0.0138. The molecule has 0 bridgehead atoms. The van der Waals surface area contributed by atoms with Gasteiger partial charge in [-0.3, -0.25) is 4.79 Å². The molecule has 3 rings (SSSR count). The highest BCUT2D eigenvalue weighted by Crippen LogP contribution is 2.22. The fraction of sp³-hybridized carbons (Fsp3) is 0.267. The molecule has 1 aromatic carbocycles. The molecule has 1 aromatic heterocycles. The number of benzene rings is 1. The Labute approximate surface area is 116 Å². The van der Waals surface area contributed by atoms with Gasteiger partial charge in [-0.25, -0.2) is 0 Å². The van der Waals surface area contributed by atoms with E-state index in [-0.39, 0.29) is 11.9 Å². The van der Waals surface area contributed by atoms with E-state index < -0.39 is 0 Å². The molecular weight excluding hydrogens is 256 g/mol. The SMILES string of the molecule is O=C(NCC1NCCc2ccccc21)c1cccs1. The first-order chi connectivity index (χ1) is 9.34. The van der Waals surface area contributed by atoms with Gasteiger partial charge in [0.2, 0.25) is 0 Å². The van der Waals surface area contributed by atoms with Gasteiger partial charge in [-0.1, -0.05) is 30.3 Å². The molecule has 2 aromatic rings. The number of hydrogen-bond acceptors (Lipinski definition) is 3. The summed E-state index contributed by atoms with van der Waals surface area (Å²) < 4.78 is 0. The molecular formula is C15H16N2OS. The maximum absolute atomic E-state index is 11.9. The van der Waals surface area contributed by atoms with Gasteiger partial charge in [-0.05, 0) is 35.5 Å². The van der Waals surface area contributed by atoms with Crippen molar-refractivity contribution in [3.8, 4) is 0 Å². The topological polar surface area (TPSA) is 41.1 Å². The highest BCUT2D eigenvalue weighted by atomic mass is 32.1. The Bertz CT molecular complexity index is 565. The third kappa shape index (κ3) is 2.69. The molecule has 1 amide bonds. The van der Waals surface area contributed by atoms with Gasteiger partial charge in [-0.2, -0.15) is 0 Å². The van der Waals surface area contributed by atoms with Gasteiger partial charge in [0.15, 0.2) is 0 Å². The molecule has 0 aliphatic carbocycles. The summed E-state index contributed by atoms with van der Waals surface area (Å²) in [5, 5.41) is 8.39. The number of fused-ring (bicyclic) bond motifs is 1. The zero-order valence-electron chi connectivity index (χ0n) is 10.6. The molecule has 2 N–H and O–H groups in total. The van der Waals surface area contributed by atoms with Crippen molar-refractivity contribution in [1.29, 1.82) is 0 Å². The second kappa shape index (κ2) is 5.55. The van der Waals surface area contributed by atoms with Crippen LogP contribution in [0, 0.1) is 0 Å². The molecule has 19 heavy (non-hydrogen) atoms. The molecule has 0 fully saturated rings. The van der Waals surface area contributed by atoms with E-state index >= 15 is 0 Å². The molecule has 1 aliphatic rings. The van der Waals surface area contributed by atoms with Crippen molar-refractivity contribution in [3.63, 3.8) is 0 Å². The average molecular weight is 272 g/mol. The zero-order chi connectivity index (χ0) is 13.1. The molecule has 4 heteroatoms. The van der Waals surface area contributed by atoms with Crippen LogP contribution in [0.3, 0.4) is 0 Å². The van der Waals surface area contributed by atoms with Crippen LogP contribution in [0.4, 0.5) is 0 Å². The maximum Gasteiger partial charge on any atom is 0.261 e. The largest absolute Gasteiger partial charge is 0.349 e. The van der Waals surface area contributed by atoms with Gasteiger partial charge in [0.25, 0.3) is 5.91 Å². The maximum atomic E-state index is 11.9. The minimum atomic E-state index is 0.0138. The standard InChI is InChI=1S/C15H16N2OS/c18-15(14-6-3-9-19-14)17-10-13-12-5-2-1-4-11(12)7-8-16-13/h1-6,9,13,16H,7-8,10H2,(H,17,18). The Kier molecular flexibility index (Phi) is 3.62. The van der Waals surface area contributed by atoms with Gasteiger partial charge < -0.3 is 10.6 Å². The van der Waals surface area contributed by atoms with Crippen LogP contribution in [0.5, 0.6) is 0 Å². The quantitative estimate of drug-likeness (QED) is 0.900. The van der Waals surface area contributed by atoms with Crippen LogP contribution in [0.25, 0.3) is 0 Å². The molecule has 1 atom stereocenters. The molecule has 98 valence electrons. The first-order valence-corrected chi connectivity index (χ1v) is 7.35. The van der Waals surface area contributed by atoms with E-state index in [1.165, 1.54) is 22.5 Å². The Morgan fingerprint density at radius 2 is 2.21 bits per heavy atom. The van der Waals surface area contributed by atoms with Crippen LogP contribution in [0.15, 0.2) is 41.8 Å². The Balaban J connectivity index is 1.67. The summed E-state index contributed by atoms with van der Waals surface area (Å²) in [4.78, 5) is 12.7.